The fourth-order valence-corrected chi connectivity index (χ4v) is 3.33. The summed E-state index contributed by atoms with van der Waals surface area (Å²) in [6, 6.07) is 5.90. The molecule has 0 saturated heterocycles. The predicted molar refractivity (Wildman–Crippen MR) is 81.6 cm³/mol. The molecular weight excluding hydrogens is 305 g/mol. The van der Waals surface area contributed by atoms with Crippen LogP contribution in [0.15, 0.2) is 22.7 Å². The molecule has 0 bridgehead atoms. The SMILES string of the molecule is CC(NC1CCC(C)C(C)C1)c1ccc(Br)cc1F. The molecule has 19 heavy (non-hydrogen) atoms. The summed E-state index contributed by atoms with van der Waals surface area (Å²) in [6.45, 7) is 6.71. The Balaban J connectivity index is 1.99. The first-order valence-electron chi connectivity index (χ1n) is 7.18. The Hall–Kier alpha value is -0.410. The minimum absolute atomic E-state index is 0.0682. The maximum atomic E-state index is 13.9. The molecule has 1 fully saturated rings. The first-order valence-corrected chi connectivity index (χ1v) is 7.97. The molecule has 1 nitrogen and oxygen atoms in total. The van der Waals surface area contributed by atoms with Crippen LogP contribution in [0.5, 0.6) is 0 Å². The summed E-state index contributed by atoms with van der Waals surface area (Å²) in [5.74, 6) is 1.44. The van der Waals surface area contributed by atoms with Gasteiger partial charge in [0.05, 0.1) is 0 Å². The van der Waals surface area contributed by atoms with Crippen molar-refractivity contribution >= 4 is 15.9 Å². The van der Waals surface area contributed by atoms with E-state index in [1.165, 1.54) is 19.3 Å². The molecule has 0 heterocycles. The van der Waals surface area contributed by atoms with Gasteiger partial charge >= 0.3 is 0 Å². The minimum Gasteiger partial charge on any atom is -0.307 e. The van der Waals surface area contributed by atoms with E-state index < -0.39 is 0 Å². The summed E-state index contributed by atoms with van der Waals surface area (Å²) in [5, 5.41) is 3.59. The van der Waals surface area contributed by atoms with Crippen molar-refractivity contribution in [2.24, 2.45) is 11.8 Å². The molecule has 1 saturated carbocycles. The lowest BCUT2D eigenvalue weighted by Gasteiger charge is -2.34. The Morgan fingerprint density at radius 1 is 1.26 bits per heavy atom. The molecule has 1 aromatic rings. The van der Waals surface area contributed by atoms with Crippen LogP contribution >= 0.6 is 15.9 Å². The summed E-state index contributed by atoms with van der Waals surface area (Å²) in [4.78, 5) is 0. The molecule has 1 aliphatic rings. The smallest absolute Gasteiger partial charge is 0.129 e. The van der Waals surface area contributed by atoms with Crippen LogP contribution in [0.4, 0.5) is 4.39 Å². The van der Waals surface area contributed by atoms with E-state index in [0.29, 0.717) is 6.04 Å². The topological polar surface area (TPSA) is 12.0 Å². The molecule has 0 aliphatic heterocycles. The van der Waals surface area contributed by atoms with Gasteiger partial charge in [0.2, 0.25) is 0 Å². The van der Waals surface area contributed by atoms with Crippen molar-refractivity contribution in [3.63, 3.8) is 0 Å². The van der Waals surface area contributed by atoms with Gasteiger partial charge in [-0.2, -0.15) is 0 Å². The molecule has 4 atom stereocenters. The highest BCUT2D eigenvalue weighted by Gasteiger charge is 2.25. The fraction of sp³-hybridized carbons (Fsp3) is 0.625. The lowest BCUT2D eigenvalue weighted by molar-refractivity contribution is 0.216. The quantitative estimate of drug-likeness (QED) is 0.817. The largest absolute Gasteiger partial charge is 0.307 e. The molecule has 0 aromatic heterocycles. The number of rotatable bonds is 3. The highest BCUT2D eigenvalue weighted by atomic mass is 79.9. The summed E-state index contributed by atoms with van der Waals surface area (Å²) in [7, 11) is 0. The fourth-order valence-electron chi connectivity index (χ4n) is 2.99. The highest BCUT2D eigenvalue weighted by molar-refractivity contribution is 9.10. The summed E-state index contributed by atoms with van der Waals surface area (Å²) >= 11 is 3.30. The van der Waals surface area contributed by atoms with Crippen LogP contribution in [0.1, 0.15) is 51.6 Å². The zero-order chi connectivity index (χ0) is 14.0. The monoisotopic (exact) mass is 327 g/mol. The molecule has 1 N–H and O–H groups in total. The van der Waals surface area contributed by atoms with Gasteiger partial charge in [0.1, 0.15) is 5.82 Å². The second-order valence-electron chi connectivity index (χ2n) is 6.02. The first kappa shape index (κ1) is 15.0. The number of hydrogen-bond donors (Lipinski definition) is 1. The Bertz CT molecular complexity index is 435. The minimum atomic E-state index is -0.133. The van der Waals surface area contributed by atoms with Gasteiger partial charge in [0.15, 0.2) is 0 Å². The van der Waals surface area contributed by atoms with Crippen LogP contribution in [-0.2, 0) is 0 Å². The van der Waals surface area contributed by atoms with Gasteiger partial charge in [0, 0.05) is 22.1 Å². The lowest BCUT2D eigenvalue weighted by Crippen LogP contribution is -2.37. The highest BCUT2D eigenvalue weighted by Crippen LogP contribution is 2.31. The van der Waals surface area contributed by atoms with Crippen LogP contribution < -0.4 is 5.32 Å². The zero-order valence-corrected chi connectivity index (χ0v) is 13.5. The third-order valence-corrected chi connectivity index (χ3v) is 5.01. The van der Waals surface area contributed by atoms with E-state index in [4.69, 9.17) is 0 Å². The first-order chi connectivity index (χ1) is 8.97. The normalized spacial score (nSPS) is 29.2. The number of halogens is 2. The molecule has 1 aromatic carbocycles. The second-order valence-corrected chi connectivity index (χ2v) is 6.93. The lowest BCUT2D eigenvalue weighted by atomic mass is 9.79. The predicted octanol–water partition coefficient (Wildman–Crippen LogP) is 5.06. The third-order valence-electron chi connectivity index (χ3n) is 4.51. The van der Waals surface area contributed by atoms with Gasteiger partial charge in [-0.05, 0) is 50.2 Å². The van der Waals surface area contributed by atoms with Crippen molar-refractivity contribution in [3.05, 3.63) is 34.1 Å². The van der Waals surface area contributed by atoms with Gasteiger partial charge < -0.3 is 5.32 Å². The van der Waals surface area contributed by atoms with Crippen LogP contribution in [0.25, 0.3) is 0 Å². The van der Waals surface area contributed by atoms with Crippen molar-refractivity contribution in [1.82, 2.24) is 5.32 Å². The van der Waals surface area contributed by atoms with Gasteiger partial charge in [-0.15, -0.1) is 0 Å². The van der Waals surface area contributed by atoms with Crippen molar-refractivity contribution in [1.29, 1.82) is 0 Å². The van der Waals surface area contributed by atoms with Crippen LogP contribution in [-0.4, -0.2) is 6.04 Å². The third kappa shape index (κ3) is 3.79. The molecule has 0 amide bonds. The number of hydrogen-bond acceptors (Lipinski definition) is 1. The molecular formula is C16H23BrFN. The Labute approximate surface area is 124 Å². The van der Waals surface area contributed by atoms with Crippen molar-refractivity contribution in [2.75, 3.05) is 0 Å². The maximum absolute atomic E-state index is 13.9. The van der Waals surface area contributed by atoms with Crippen LogP contribution in [0, 0.1) is 17.7 Å². The van der Waals surface area contributed by atoms with E-state index in [-0.39, 0.29) is 11.9 Å². The van der Waals surface area contributed by atoms with Gasteiger partial charge in [-0.25, -0.2) is 4.39 Å². The summed E-state index contributed by atoms with van der Waals surface area (Å²) < 4.78 is 14.7. The average molecular weight is 328 g/mol. The Morgan fingerprint density at radius 2 is 2.00 bits per heavy atom. The summed E-state index contributed by atoms with van der Waals surface area (Å²) in [6.07, 6.45) is 3.67. The van der Waals surface area contributed by atoms with Gasteiger partial charge in [0.25, 0.3) is 0 Å². The van der Waals surface area contributed by atoms with E-state index in [1.54, 1.807) is 6.07 Å². The average Bonchev–Trinajstić information content (AvgIpc) is 2.33. The van der Waals surface area contributed by atoms with E-state index in [2.05, 4.69) is 42.0 Å². The number of nitrogens with one attached hydrogen (secondary N) is 1. The maximum Gasteiger partial charge on any atom is 0.129 e. The van der Waals surface area contributed by atoms with E-state index in [1.807, 2.05) is 12.1 Å². The van der Waals surface area contributed by atoms with Crippen molar-refractivity contribution in [2.45, 2.75) is 52.1 Å². The van der Waals surface area contributed by atoms with Crippen molar-refractivity contribution < 1.29 is 4.39 Å². The molecule has 106 valence electrons. The van der Waals surface area contributed by atoms with Gasteiger partial charge in [-0.3, -0.25) is 0 Å². The van der Waals surface area contributed by atoms with Crippen molar-refractivity contribution in [3.8, 4) is 0 Å². The second kappa shape index (κ2) is 6.36. The molecule has 2 rings (SSSR count). The zero-order valence-electron chi connectivity index (χ0n) is 11.9. The Kier molecular flexibility index (Phi) is 5.02. The molecule has 1 aliphatic carbocycles. The standard InChI is InChI=1S/C16H23BrFN/c1-10-4-6-14(8-11(10)2)19-12(3)15-7-5-13(17)9-16(15)18/h5,7,9-12,14,19H,4,6,8H2,1-3H3. The van der Waals surface area contributed by atoms with E-state index in [0.717, 1.165) is 21.9 Å². The van der Waals surface area contributed by atoms with E-state index >= 15 is 0 Å². The van der Waals surface area contributed by atoms with E-state index in [9.17, 15) is 4.39 Å². The molecule has 3 heteroatoms. The van der Waals surface area contributed by atoms with Gasteiger partial charge in [-0.1, -0.05) is 35.8 Å². The van der Waals surface area contributed by atoms with Crippen LogP contribution in [0.2, 0.25) is 0 Å². The number of benzene rings is 1. The summed E-state index contributed by atoms with van der Waals surface area (Å²) in [5.41, 5.74) is 0.759. The molecule has 0 radical (unpaired) electrons. The van der Waals surface area contributed by atoms with Crippen LogP contribution in [0.3, 0.4) is 0 Å². The molecule has 0 spiro atoms. The molecule has 4 unspecified atom stereocenters. The Morgan fingerprint density at radius 3 is 2.63 bits per heavy atom.